The molecule has 1 aromatic rings. The maximum Gasteiger partial charge on any atom is 0.407 e. The summed E-state index contributed by atoms with van der Waals surface area (Å²) in [4.78, 5) is 22.4. The Labute approximate surface area is 177 Å². The van der Waals surface area contributed by atoms with Crippen molar-refractivity contribution in [2.45, 2.75) is 45.4 Å². The summed E-state index contributed by atoms with van der Waals surface area (Å²) < 4.78 is 5.30. The van der Waals surface area contributed by atoms with E-state index in [1.807, 2.05) is 26.8 Å². The Morgan fingerprint density at radius 3 is 2.77 bits per heavy atom. The van der Waals surface area contributed by atoms with Crippen molar-refractivity contribution in [1.82, 2.24) is 20.5 Å². The number of hydrogen-bond donors (Lipinski definition) is 2. The van der Waals surface area contributed by atoms with Crippen LogP contribution >= 0.6 is 35.6 Å². The van der Waals surface area contributed by atoms with Crippen LogP contribution in [0.2, 0.25) is 5.15 Å². The van der Waals surface area contributed by atoms with Gasteiger partial charge in [-0.25, -0.2) is 9.78 Å². The Bertz CT molecular complexity index is 619. The lowest BCUT2D eigenvalue weighted by Gasteiger charge is -2.23. The van der Waals surface area contributed by atoms with Gasteiger partial charge in [0.1, 0.15) is 10.8 Å². The number of rotatable bonds is 3. The third-order valence-corrected chi connectivity index (χ3v) is 3.88. The van der Waals surface area contributed by atoms with Crippen LogP contribution in [0.3, 0.4) is 0 Å². The summed E-state index contributed by atoms with van der Waals surface area (Å²) in [6.07, 6.45) is 2.21. The molecule has 1 aromatic heterocycles. The fourth-order valence-corrected chi connectivity index (χ4v) is 2.68. The van der Waals surface area contributed by atoms with Gasteiger partial charge in [0, 0.05) is 32.9 Å². The van der Waals surface area contributed by atoms with Crippen molar-refractivity contribution in [2.75, 3.05) is 20.1 Å². The summed E-state index contributed by atoms with van der Waals surface area (Å²) >= 11 is 5.79. The topological polar surface area (TPSA) is 78.9 Å². The van der Waals surface area contributed by atoms with E-state index in [1.54, 1.807) is 19.3 Å². The van der Waals surface area contributed by atoms with Crippen molar-refractivity contribution in [3.8, 4) is 0 Å². The number of aliphatic imine (C=N–C) groups is 1. The van der Waals surface area contributed by atoms with E-state index in [0.717, 1.165) is 24.5 Å². The van der Waals surface area contributed by atoms with Gasteiger partial charge in [0.05, 0.1) is 6.04 Å². The Morgan fingerprint density at radius 2 is 2.19 bits per heavy atom. The van der Waals surface area contributed by atoms with Crippen LogP contribution in [0.1, 0.15) is 32.8 Å². The van der Waals surface area contributed by atoms with Crippen molar-refractivity contribution in [1.29, 1.82) is 0 Å². The Morgan fingerprint density at radius 1 is 1.46 bits per heavy atom. The first-order chi connectivity index (χ1) is 11.8. The zero-order chi connectivity index (χ0) is 18.4. The van der Waals surface area contributed by atoms with Crippen LogP contribution in [-0.2, 0) is 11.3 Å². The second-order valence-electron chi connectivity index (χ2n) is 6.97. The number of alkyl carbamates (subject to hydrolysis) is 1. The Balaban J connectivity index is 0.00000338. The van der Waals surface area contributed by atoms with Gasteiger partial charge >= 0.3 is 6.09 Å². The van der Waals surface area contributed by atoms with Gasteiger partial charge < -0.3 is 20.3 Å². The molecule has 2 rings (SSSR count). The molecule has 1 unspecified atom stereocenters. The smallest absolute Gasteiger partial charge is 0.407 e. The van der Waals surface area contributed by atoms with Gasteiger partial charge in [0.2, 0.25) is 0 Å². The first-order valence-electron chi connectivity index (χ1n) is 8.32. The molecule has 0 bridgehead atoms. The molecule has 146 valence electrons. The molecule has 1 aliphatic rings. The lowest BCUT2D eigenvalue weighted by molar-refractivity contribution is 0.0507. The number of amides is 1. The van der Waals surface area contributed by atoms with Crippen LogP contribution in [0.15, 0.2) is 23.3 Å². The summed E-state index contributed by atoms with van der Waals surface area (Å²) in [6.45, 7) is 7.68. The molecule has 2 heterocycles. The molecule has 1 aliphatic heterocycles. The maximum atomic E-state index is 11.9. The van der Waals surface area contributed by atoms with Gasteiger partial charge in [-0.2, -0.15) is 0 Å². The SMILES string of the molecule is CN=C(NCc1ccc(Cl)nc1)N1CCC(NC(=O)OC(C)(C)C)C1.I. The molecule has 0 aliphatic carbocycles. The third kappa shape index (κ3) is 7.53. The average molecular weight is 496 g/mol. The normalized spacial score (nSPS) is 17.5. The molecule has 1 amide bonds. The van der Waals surface area contributed by atoms with E-state index in [4.69, 9.17) is 16.3 Å². The second kappa shape index (κ2) is 10.1. The molecule has 0 spiro atoms. The van der Waals surface area contributed by atoms with Crippen LogP contribution in [0.5, 0.6) is 0 Å². The van der Waals surface area contributed by atoms with Crippen LogP contribution < -0.4 is 10.6 Å². The van der Waals surface area contributed by atoms with Crippen molar-refractivity contribution in [2.24, 2.45) is 4.99 Å². The molecule has 1 atom stereocenters. The quantitative estimate of drug-likeness (QED) is 0.292. The first kappa shape index (κ1) is 22.8. The highest BCUT2D eigenvalue weighted by atomic mass is 127. The highest BCUT2D eigenvalue weighted by molar-refractivity contribution is 14.0. The molecule has 0 saturated carbocycles. The van der Waals surface area contributed by atoms with Crippen LogP contribution in [0.25, 0.3) is 0 Å². The predicted octanol–water partition coefficient (Wildman–Crippen LogP) is 3.03. The van der Waals surface area contributed by atoms with Crippen molar-refractivity contribution < 1.29 is 9.53 Å². The number of halogens is 2. The number of carbonyl (C=O) groups is 1. The number of pyridine rings is 1. The fourth-order valence-electron chi connectivity index (χ4n) is 2.57. The lowest BCUT2D eigenvalue weighted by atomic mass is 10.2. The molecule has 9 heteroatoms. The molecule has 7 nitrogen and oxygen atoms in total. The zero-order valence-corrected chi connectivity index (χ0v) is 18.7. The van der Waals surface area contributed by atoms with Gasteiger partial charge in [-0.1, -0.05) is 17.7 Å². The van der Waals surface area contributed by atoms with Crippen LogP contribution in [0, 0.1) is 0 Å². The molecule has 2 N–H and O–H groups in total. The third-order valence-electron chi connectivity index (χ3n) is 3.66. The van der Waals surface area contributed by atoms with Gasteiger partial charge in [0.15, 0.2) is 5.96 Å². The van der Waals surface area contributed by atoms with Crippen LogP contribution in [-0.4, -0.2) is 53.7 Å². The summed E-state index contributed by atoms with van der Waals surface area (Å²) in [6, 6.07) is 3.73. The number of guanidine groups is 1. The molecular weight excluding hydrogens is 469 g/mol. The van der Waals surface area contributed by atoms with Crippen molar-refractivity contribution >= 4 is 47.6 Å². The van der Waals surface area contributed by atoms with Gasteiger partial charge in [-0.3, -0.25) is 4.99 Å². The lowest BCUT2D eigenvalue weighted by Crippen LogP contribution is -2.44. The molecule has 1 saturated heterocycles. The summed E-state index contributed by atoms with van der Waals surface area (Å²) in [7, 11) is 1.75. The van der Waals surface area contributed by atoms with Crippen molar-refractivity contribution in [3.05, 3.63) is 29.0 Å². The molecular formula is C17H27ClIN5O2. The molecule has 0 aromatic carbocycles. The fraction of sp³-hybridized carbons (Fsp3) is 0.588. The second-order valence-corrected chi connectivity index (χ2v) is 7.36. The van der Waals surface area contributed by atoms with E-state index in [1.165, 1.54) is 0 Å². The maximum absolute atomic E-state index is 11.9. The monoisotopic (exact) mass is 495 g/mol. The number of ether oxygens (including phenoxy) is 1. The first-order valence-corrected chi connectivity index (χ1v) is 8.70. The van der Waals surface area contributed by atoms with E-state index < -0.39 is 5.60 Å². The number of likely N-dealkylation sites (tertiary alicyclic amines) is 1. The minimum Gasteiger partial charge on any atom is -0.444 e. The van der Waals surface area contributed by atoms with E-state index >= 15 is 0 Å². The minimum absolute atomic E-state index is 0. The predicted molar refractivity (Wildman–Crippen MR) is 114 cm³/mol. The van der Waals surface area contributed by atoms with Gasteiger partial charge in [-0.15, -0.1) is 24.0 Å². The summed E-state index contributed by atoms with van der Waals surface area (Å²) in [5.41, 5.74) is 0.528. The van der Waals surface area contributed by atoms with Gasteiger partial charge in [-0.05, 0) is 38.8 Å². The summed E-state index contributed by atoms with van der Waals surface area (Å²) in [5.74, 6) is 0.795. The van der Waals surface area contributed by atoms with E-state index in [9.17, 15) is 4.79 Å². The number of carbonyl (C=O) groups excluding carboxylic acids is 1. The zero-order valence-electron chi connectivity index (χ0n) is 15.6. The molecule has 26 heavy (non-hydrogen) atoms. The average Bonchev–Trinajstić information content (AvgIpc) is 2.96. The minimum atomic E-state index is -0.493. The van der Waals surface area contributed by atoms with Crippen molar-refractivity contribution in [3.63, 3.8) is 0 Å². The number of nitrogens with zero attached hydrogens (tertiary/aromatic N) is 3. The molecule has 0 radical (unpaired) electrons. The number of nitrogens with one attached hydrogen (secondary N) is 2. The van der Waals surface area contributed by atoms with E-state index in [2.05, 4.69) is 25.5 Å². The van der Waals surface area contributed by atoms with Gasteiger partial charge in [0.25, 0.3) is 0 Å². The Hall–Kier alpha value is -1.29. The highest BCUT2D eigenvalue weighted by Crippen LogP contribution is 2.12. The Kier molecular flexibility index (Phi) is 8.88. The largest absolute Gasteiger partial charge is 0.444 e. The number of hydrogen-bond acceptors (Lipinski definition) is 4. The standard InChI is InChI=1S/C17H26ClN5O2.HI/c1-17(2,3)25-16(24)22-13-7-8-23(11-13)15(19-4)21-10-12-5-6-14(18)20-9-12;/h5-6,9,13H,7-8,10-11H2,1-4H3,(H,19,21)(H,22,24);1H. The molecule has 1 fully saturated rings. The number of aromatic nitrogens is 1. The van der Waals surface area contributed by atoms with E-state index in [0.29, 0.717) is 18.2 Å². The van der Waals surface area contributed by atoms with E-state index in [-0.39, 0.29) is 36.1 Å². The summed E-state index contributed by atoms with van der Waals surface area (Å²) in [5, 5.41) is 6.70. The highest BCUT2D eigenvalue weighted by Gasteiger charge is 2.27. The van der Waals surface area contributed by atoms with Crippen LogP contribution in [0.4, 0.5) is 4.79 Å².